The number of aromatic amines is 2. The molecule has 1 fully saturated rings. The SMILES string of the molecule is C=C(CC1CCCCC1)Nc1cncc(-c2ccc3[nH]nc(-c4nc5c(-c6cccs6)nccc5[nH]4)c3c2)c1. The summed E-state index contributed by atoms with van der Waals surface area (Å²) in [6.07, 6.45) is 13.3. The molecule has 39 heavy (non-hydrogen) atoms. The van der Waals surface area contributed by atoms with Gasteiger partial charge in [-0.05, 0) is 53.6 Å². The van der Waals surface area contributed by atoms with Gasteiger partial charge in [-0.25, -0.2) is 4.98 Å². The van der Waals surface area contributed by atoms with Crippen LogP contribution >= 0.6 is 11.3 Å². The Bertz CT molecular complexity index is 1770. The number of aromatic nitrogens is 6. The lowest BCUT2D eigenvalue weighted by Gasteiger charge is -2.22. The van der Waals surface area contributed by atoms with Gasteiger partial charge in [-0.3, -0.25) is 15.1 Å². The monoisotopic (exact) mass is 531 g/mol. The average molecular weight is 532 g/mol. The number of imidazole rings is 1. The van der Waals surface area contributed by atoms with Gasteiger partial charge in [0.15, 0.2) is 5.82 Å². The average Bonchev–Trinajstić information content (AvgIpc) is 3.73. The Hall–Kier alpha value is -4.30. The number of pyridine rings is 2. The van der Waals surface area contributed by atoms with Crippen molar-refractivity contribution in [3.63, 3.8) is 0 Å². The van der Waals surface area contributed by atoms with Gasteiger partial charge in [0, 0.05) is 29.0 Å². The zero-order valence-corrected chi connectivity index (χ0v) is 22.4. The van der Waals surface area contributed by atoms with Crippen LogP contribution in [0.4, 0.5) is 5.69 Å². The van der Waals surface area contributed by atoms with Crippen LogP contribution in [0.5, 0.6) is 0 Å². The van der Waals surface area contributed by atoms with E-state index in [1.807, 2.05) is 30.7 Å². The zero-order valence-electron chi connectivity index (χ0n) is 21.6. The Balaban J connectivity index is 1.19. The molecule has 8 heteroatoms. The van der Waals surface area contributed by atoms with Crippen LogP contribution < -0.4 is 5.32 Å². The number of thiophene rings is 1. The van der Waals surface area contributed by atoms with Gasteiger partial charge in [0.1, 0.15) is 16.9 Å². The predicted octanol–water partition coefficient (Wildman–Crippen LogP) is 8.19. The zero-order chi connectivity index (χ0) is 26.2. The lowest BCUT2D eigenvalue weighted by atomic mass is 9.86. The first-order valence-electron chi connectivity index (χ1n) is 13.5. The molecule has 7 rings (SSSR count). The van der Waals surface area contributed by atoms with Crippen molar-refractivity contribution in [1.82, 2.24) is 30.1 Å². The number of nitrogens with zero attached hydrogens (tertiary/aromatic N) is 4. The molecule has 0 aliphatic heterocycles. The van der Waals surface area contributed by atoms with Gasteiger partial charge in [0.05, 0.1) is 27.8 Å². The molecule has 6 aromatic rings. The predicted molar refractivity (Wildman–Crippen MR) is 159 cm³/mol. The van der Waals surface area contributed by atoms with Gasteiger partial charge in [0.2, 0.25) is 0 Å². The molecular weight excluding hydrogens is 502 g/mol. The molecule has 0 bridgehead atoms. The van der Waals surface area contributed by atoms with Gasteiger partial charge >= 0.3 is 0 Å². The summed E-state index contributed by atoms with van der Waals surface area (Å²) in [6.45, 7) is 4.30. The van der Waals surface area contributed by atoms with Crippen molar-refractivity contribution >= 4 is 39.0 Å². The van der Waals surface area contributed by atoms with E-state index in [-0.39, 0.29) is 0 Å². The summed E-state index contributed by atoms with van der Waals surface area (Å²) in [5.41, 5.74) is 8.53. The molecule has 5 aromatic heterocycles. The Labute approximate surface area is 230 Å². The third kappa shape index (κ3) is 4.72. The molecule has 0 spiro atoms. The van der Waals surface area contributed by atoms with Gasteiger partial charge in [0.25, 0.3) is 0 Å². The highest BCUT2D eigenvalue weighted by molar-refractivity contribution is 7.13. The highest BCUT2D eigenvalue weighted by atomic mass is 32.1. The van der Waals surface area contributed by atoms with E-state index in [0.717, 1.165) is 73.1 Å². The van der Waals surface area contributed by atoms with Crippen LogP contribution in [0, 0.1) is 5.92 Å². The number of hydrogen-bond acceptors (Lipinski definition) is 6. The van der Waals surface area contributed by atoms with E-state index in [1.54, 1.807) is 11.3 Å². The maximum absolute atomic E-state index is 4.93. The molecule has 0 radical (unpaired) electrons. The number of benzene rings is 1. The van der Waals surface area contributed by atoms with E-state index in [0.29, 0.717) is 5.82 Å². The van der Waals surface area contributed by atoms with Gasteiger partial charge in [-0.1, -0.05) is 50.8 Å². The fourth-order valence-corrected chi connectivity index (χ4v) is 6.40. The normalized spacial score (nSPS) is 14.3. The third-order valence-electron chi connectivity index (χ3n) is 7.60. The Morgan fingerprint density at radius 1 is 1.00 bits per heavy atom. The number of rotatable bonds is 7. The van der Waals surface area contributed by atoms with E-state index in [1.165, 1.54) is 32.1 Å². The standard InChI is InChI=1S/C31H29N7S/c1-19(14-20-6-3-2-4-7-20)34-23-15-22(17-32-18-23)21-9-10-25-24(16-21)28(38-37-25)31-35-26-11-12-33-30(29(26)36-31)27-8-5-13-39-27/h5,8-13,15-18,20,34H,1-4,6-7,14H2,(H,35,36)(H,37,38). The maximum Gasteiger partial charge on any atom is 0.159 e. The first-order chi connectivity index (χ1) is 19.2. The Morgan fingerprint density at radius 3 is 2.79 bits per heavy atom. The third-order valence-corrected chi connectivity index (χ3v) is 8.47. The number of fused-ring (bicyclic) bond motifs is 2. The number of nitrogens with one attached hydrogen (secondary N) is 3. The number of hydrogen-bond donors (Lipinski definition) is 3. The molecular formula is C31H29N7S. The van der Waals surface area contributed by atoms with Crippen LogP contribution in [-0.2, 0) is 0 Å². The number of H-pyrrole nitrogens is 2. The summed E-state index contributed by atoms with van der Waals surface area (Å²) >= 11 is 1.66. The second kappa shape index (κ2) is 10.1. The summed E-state index contributed by atoms with van der Waals surface area (Å²) in [7, 11) is 0. The maximum atomic E-state index is 4.93. The fourth-order valence-electron chi connectivity index (χ4n) is 5.68. The molecule has 3 N–H and O–H groups in total. The van der Waals surface area contributed by atoms with Crippen LogP contribution in [0.3, 0.4) is 0 Å². The van der Waals surface area contributed by atoms with Gasteiger partial charge < -0.3 is 10.3 Å². The highest BCUT2D eigenvalue weighted by Gasteiger charge is 2.17. The fraction of sp³-hybridized carbons (Fsp3) is 0.226. The molecule has 1 saturated carbocycles. The van der Waals surface area contributed by atoms with Crippen LogP contribution in [0.2, 0.25) is 0 Å². The van der Waals surface area contributed by atoms with Crippen molar-refractivity contribution < 1.29 is 0 Å². The quantitative estimate of drug-likeness (QED) is 0.193. The molecule has 0 saturated heterocycles. The number of anilines is 1. The van der Waals surface area contributed by atoms with Crippen molar-refractivity contribution in [2.75, 3.05) is 5.32 Å². The minimum atomic E-state index is 0.715. The van der Waals surface area contributed by atoms with Crippen molar-refractivity contribution in [1.29, 1.82) is 0 Å². The first-order valence-corrected chi connectivity index (χ1v) is 14.4. The van der Waals surface area contributed by atoms with E-state index in [9.17, 15) is 0 Å². The lowest BCUT2D eigenvalue weighted by Crippen LogP contribution is -2.10. The summed E-state index contributed by atoms with van der Waals surface area (Å²) in [6, 6.07) is 14.5. The van der Waals surface area contributed by atoms with E-state index >= 15 is 0 Å². The lowest BCUT2D eigenvalue weighted by molar-refractivity contribution is 0.357. The second-order valence-corrected chi connectivity index (χ2v) is 11.3. The van der Waals surface area contributed by atoms with E-state index < -0.39 is 0 Å². The van der Waals surface area contributed by atoms with Crippen molar-refractivity contribution in [3.8, 4) is 33.2 Å². The molecule has 0 atom stereocenters. The Kier molecular flexibility index (Phi) is 6.17. The van der Waals surface area contributed by atoms with E-state index in [4.69, 9.17) is 4.98 Å². The molecule has 1 aromatic carbocycles. The minimum Gasteiger partial charge on any atom is -0.358 e. The van der Waals surface area contributed by atoms with Crippen molar-refractivity contribution in [2.24, 2.45) is 5.92 Å². The molecule has 1 aliphatic rings. The van der Waals surface area contributed by atoms with E-state index in [2.05, 4.69) is 72.8 Å². The summed E-state index contributed by atoms with van der Waals surface area (Å²) in [5.74, 6) is 1.46. The summed E-state index contributed by atoms with van der Waals surface area (Å²) < 4.78 is 0. The van der Waals surface area contributed by atoms with Crippen LogP contribution in [-0.4, -0.2) is 30.1 Å². The van der Waals surface area contributed by atoms with Crippen molar-refractivity contribution in [2.45, 2.75) is 38.5 Å². The smallest absolute Gasteiger partial charge is 0.159 e. The molecule has 7 nitrogen and oxygen atoms in total. The Morgan fingerprint density at radius 2 is 1.92 bits per heavy atom. The van der Waals surface area contributed by atoms with Crippen LogP contribution in [0.25, 0.3) is 55.2 Å². The van der Waals surface area contributed by atoms with Crippen LogP contribution in [0.15, 0.2) is 78.7 Å². The van der Waals surface area contributed by atoms with Crippen molar-refractivity contribution in [3.05, 3.63) is 78.7 Å². The first kappa shape index (κ1) is 23.8. The topological polar surface area (TPSA) is 95.2 Å². The van der Waals surface area contributed by atoms with Gasteiger partial charge in [-0.15, -0.1) is 11.3 Å². The van der Waals surface area contributed by atoms with Crippen LogP contribution in [0.1, 0.15) is 38.5 Å². The summed E-state index contributed by atoms with van der Waals surface area (Å²) in [4.78, 5) is 18.6. The molecule has 1 aliphatic carbocycles. The molecule has 0 unspecified atom stereocenters. The molecule has 5 heterocycles. The number of allylic oxidation sites excluding steroid dienone is 1. The largest absolute Gasteiger partial charge is 0.358 e. The summed E-state index contributed by atoms with van der Waals surface area (Å²) in [5, 5.41) is 14.3. The minimum absolute atomic E-state index is 0.715. The highest BCUT2D eigenvalue weighted by Crippen LogP contribution is 2.34. The second-order valence-electron chi connectivity index (χ2n) is 10.4. The molecule has 194 valence electrons. The van der Waals surface area contributed by atoms with Gasteiger partial charge in [-0.2, -0.15) is 5.10 Å². The molecule has 0 amide bonds.